The van der Waals surface area contributed by atoms with E-state index in [0.717, 1.165) is 32.0 Å². The SMILES string of the molecule is c1ccc(Cn2nnnc2CN2CCCCC2)cc1. The van der Waals surface area contributed by atoms with E-state index >= 15 is 0 Å². The van der Waals surface area contributed by atoms with Crippen molar-refractivity contribution in [1.29, 1.82) is 0 Å². The number of nitrogens with zero attached hydrogens (tertiary/aromatic N) is 5. The molecule has 5 heteroatoms. The predicted molar refractivity (Wildman–Crippen MR) is 72.5 cm³/mol. The van der Waals surface area contributed by atoms with Gasteiger partial charge in [0.25, 0.3) is 0 Å². The van der Waals surface area contributed by atoms with Gasteiger partial charge in [0.1, 0.15) is 0 Å². The standard InChI is InChI=1S/C14H19N5/c1-3-7-13(8-4-1)11-19-14(15-16-17-19)12-18-9-5-2-6-10-18/h1,3-4,7-8H,2,5-6,9-12H2. The maximum Gasteiger partial charge on any atom is 0.165 e. The first kappa shape index (κ1) is 12.3. The van der Waals surface area contributed by atoms with Crippen LogP contribution < -0.4 is 0 Å². The Hall–Kier alpha value is -1.75. The van der Waals surface area contributed by atoms with Crippen LogP contribution in [-0.4, -0.2) is 38.2 Å². The molecule has 1 aromatic carbocycles. The molecule has 0 saturated carbocycles. The second-order valence-corrected chi connectivity index (χ2v) is 5.08. The highest BCUT2D eigenvalue weighted by molar-refractivity contribution is 5.14. The molecule has 0 N–H and O–H groups in total. The summed E-state index contributed by atoms with van der Waals surface area (Å²) in [7, 11) is 0. The van der Waals surface area contributed by atoms with Crippen molar-refractivity contribution in [3.8, 4) is 0 Å². The number of benzene rings is 1. The van der Waals surface area contributed by atoms with Crippen molar-refractivity contribution in [2.45, 2.75) is 32.4 Å². The van der Waals surface area contributed by atoms with Gasteiger partial charge in [-0.3, -0.25) is 4.90 Å². The van der Waals surface area contributed by atoms with Gasteiger partial charge < -0.3 is 0 Å². The largest absolute Gasteiger partial charge is 0.296 e. The average molecular weight is 257 g/mol. The summed E-state index contributed by atoms with van der Waals surface area (Å²) < 4.78 is 1.91. The fourth-order valence-corrected chi connectivity index (χ4v) is 2.53. The Morgan fingerprint density at radius 2 is 1.74 bits per heavy atom. The number of hydrogen-bond acceptors (Lipinski definition) is 4. The third kappa shape index (κ3) is 3.17. The minimum Gasteiger partial charge on any atom is -0.296 e. The normalized spacial score (nSPS) is 16.6. The third-order valence-corrected chi connectivity index (χ3v) is 3.59. The monoisotopic (exact) mass is 257 g/mol. The summed E-state index contributed by atoms with van der Waals surface area (Å²) in [5.41, 5.74) is 1.23. The van der Waals surface area contributed by atoms with E-state index in [9.17, 15) is 0 Å². The van der Waals surface area contributed by atoms with Crippen molar-refractivity contribution >= 4 is 0 Å². The molecule has 0 radical (unpaired) electrons. The van der Waals surface area contributed by atoms with Crippen molar-refractivity contribution in [1.82, 2.24) is 25.1 Å². The van der Waals surface area contributed by atoms with E-state index in [0.29, 0.717) is 0 Å². The second kappa shape index (κ2) is 5.93. The zero-order chi connectivity index (χ0) is 12.9. The van der Waals surface area contributed by atoms with Gasteiger partial charge in [0.2, 0.25) is 0 Å². The van der Waals surface area contributed by atoms with Crippen LogP contribution in [0.25, 0.3) is 0 Å². The molecule has 0 atom stereocenters. The third-order valence-electron chi connectivity index (χ3n) is 3.59. The number of hydrogen-bond donors (Lipinski definition) is 0. The van der Waals surface area contributed by atoms with E-state index in [4.69, 9.17) is 0 Å². The summed E-state index contributed by atoms with van der Waals surface area (Å²) in [5.74, 6) is 0.964. The molecule has 0 aliphatic carbocycles. The van der Waals surface area contributed by atoms with Crippen LogP contribution in [0.2, 0.25) is 0 Å². The lowest BCUT2D eigenvalue weighted by Gasteiger charge is -2.25. The zero-order valence-electron chi connectivity index (χ0n) is 11.1. The lowest BCUT2D eigenvalue weighted by molar-refractivity contribution is 0.212. The molecular formula is C14H19N5. The van der Waals surface area contributed by atoms with Crippen LogP contribution in [0.15, 0.2) is 30.3 Å². The zero-order valence-corrected chi connectivity index (χ0v) is 11.1. The molecule has 3 rings (SSSR count). The fraction of sp³-hybridized carbons (Fsp3) is 0.500. The van der Waals surface area contributed by atoms with Crippen molar-refractivity contribution in [3.63, 3.8) is 0 Å². The molecule has 2 heterocycles. The molecule has 1 aromatic heterocycles. The van der Waals surface area contributed by atoms with Crippen LogP contribution >= 0.6 is 0 Å². The molecule has 100 valence electrons. The molecule has 1 aliphatic heterocycles. The summed E-state index contributed by atoms with van der Waals surface area (Å²) in [4.78, 5) is 2.44. The average Bonchev–Trinajstić information content (AvgIpc) is 2.88. The Morgan fingerprint density at radius 3 is 2.53 bits per heavy atom. The van der Waals surface area contributed by atoms with E-state index in [2.05, 4.69) is 32.6 Å². The Morgan fingerprint density at radius 1 is 0.947 bits per heavy atom. The smallest absolute Gasteiger partial charge is 0.165 e. The number of likely N-dealkylation sites (tertiary alicyclic amines) is 1. The van der Waals surface area contributed by atoms with Gasteiger partial charge in [-0.25, -0.2) is 4.68 Å². The maximum absolute atomic E-state index is 4.17. The Bertz CT molecular complexity index is 502. The van der Waals surface area contributed by atoms with Gasteiger partial charge >= 0.3 is 0 Å². The van der Waals surface area contributed by atoms with Gasteiger partial charge in [-0.05, 0) is 41.9 Å². The van der Waals surface area contributed by atoms with Crippen LogP contribution in [0.4, 0.5) is 0 Å². The highest BCUT2D eigenvalue weighted by Gasteiger charge is 2.14. The molecule has 1 aliphatic rings. The summed E-state index contributed by atoms with van der Waals surface area (Å²) >= 11 is 0. The molecule has 1 fully saturated rings. The van der Waals surface area contributed by atoms with Crippen LogP contribution in [0.5, 0.6) is 0 Å². The number of piperidine rings is 1. The van der Waals surface area contributed by atoms with Gasteiger partial charge in [0.05, 0.1) is 13.1 Å². The molecule has 0 amide bonds. The first-order chi connectivity index (χ1) is 9.42. The first-order valence-electron chi connectivity index (χ1n) is 6.93. The van der Waals surface area contributed by atoms with Crippen LogP contribution in [-0.2, 0) is 13.1 Å². The maximum atomic E-state index is 4.17. The highest BCUT2D eigenvalue weighted by atomic mass is 15.5. The van der Waals surface area contributed by atoms with Crippen molar-refractivity contribution < 1.29 is 0 Å². The second-order valence-electron chi connectivity index (χ2n) is 5.08. The molecule has 2 aromatic rings. The molecular weight excluding hydrogens is 238 g/mol. The summed E-state index contributed by atoms with van der Waals surface area (Å²) in [6, 6.07) is 10.3. The number of tetrazole rings is 1. The topological polar surface area (TPSA) is 46.8 Å². The lowest BCUT2D eigenvalue weighted by atomic mass is 10.1. The Balaban J connectivity index is 1.68. The van der Waals surface area contributed by atoms with Crippen molar-refractivity contribution in [3.05, 3.63) is 41.7 Å². The molecule has 0 spiro atoms. The molecule has 19 heavy (non-hydrogen) atoms. The number of rotatable bonds is 4. The summed E-state index contributed by atoms with van der Waals surface area (Å²) in [5, 5.41) is 12.1. The van der Waals surface area contributed by atoms with Gasteiger partial charge in [-0.1, -0.05) is 36.8 Å². The Kier molecular flexibility index (Phi) is 3.83. The highest BCUT2D eigenvalue weighted by Crippen LogP contribution is 2.12. The minimum atomic E-state index is 0.747. The van der Waals surface area contributed by atoms with E-state index < -0.39 is 0 Å². The predicted octanol–water partition coefficient (Wildman–Crippen LogP) is 1.71. The molecule has 0 bridgehead atoms. The number of aromatic nitrogens is 4. The van der Waals surface area contributed by atoms with E-state index in [1.165, 1.54) is 24.8 Å². The van der Waals surface area contributed by atoms with Crippen molar-refractivity contribution in [2.24, 2.45) is 0 Å². The lowest BCUT2D eigenvalue weighted by Crippen LogP contribution is -2.30. The van der Waals surface area contributed by atoms with Crippen LogP contribution in [0, 0.1) is 0 Å². The minimum absolute atomic E-state index is 0.747. The van der Waals surface area contributed by atoms with Crippen LogP contribution in [0.1, 0.15) is 30.7 Å². The molecule has 5 nitrogen and oxygen atoms in total. The van der Waals surface area contributed by atoms with Gasteiger partial charge in [0.15, 0.2) is 5.82 Å². The quantitative estimate of drug-likeness (QED) is 0.836. The fourth-order valence-electron chi connectivity index (χ4n) is 2.53. The summed E-state index contributed by atoms with van der Waals surface area (Å²) in [6.07, 6.45) is 3.94. The summed E-state index contributed by atoms with van der Waals surface area (Å²) in [6.45, 7) is 3.94. The van der Waals surface area contributed by atoms with E-state index in [1.54, 1.807) is 0 Å². The van der Waals surface area contributed by atoms with Gasteiger partial charge in [-0.15, -0.1) is 5.10 Å². The van der Waals surface area contributed by atoms with Gasteiger partial charge in [0, 0.05) is 0 Å². The van der Waals surface area contributed by atoms with Crippen molar-refractivity contribution in [2.75, 3.05) is 13.1 Å². The molecule has 1 saturated heterocycles. The first-order valence-corrected chi connectivity index (χ1v) is 6.93. The Labute approximate surface area is 113 Å². The van der Waals surface area contributed by atoms with E-state index in [-0.39, 0.29) is 0 Å². The van der Waals surface area contributed by atoms with Crippen LogP contribution in [0.3, 0.4) is 0 Å². The van der Waals surface area contributed by atoms with E-state index in [1.807, 2.05) is 22.9 Å². The molecule has 0 unspecified atom stereocenters. The van der Waals surface area contributed by atoms with Gasteiger partial charge in [-0.2, -0.15) is 0 Å².